The van der Waals surface area contributed by atoms with Gasteiger partial charge in [0.05, 0.1) is 12.8 Å². The van der Waals surface area contributed by atoms with Crippen molar-refractivity contribution >= 4 is 11.9 Å². The molecule has 1 heterocycles. The van der Waals surface area contributed by atoms with E-state index in [1.807, 2.05) is 45.0 Å². The summed E-state index contributed by atoms with van der Waals surface area (Å²) in [6.45, 7) is 6.40. The number of ether oxygens (including phenoxy) is 1. The van der Waals surface area contributed by atoms with Gasteiger partial charge in [0, 0.05) is 18.7 Å². The maximum Gasteiger partial charge on any atom is 0.324 e. The number of amides is 2. The van der Waals surface area contributed by atoms with Crippen LogP contribution in [0.2, 0.25) is 0 Å². The number of aryl methyl sites for hydroxylation is 1. The second kappa shape index (κ2) is 7.67. The molecular formula is C17H23N3O3. The molecule has 1 N–H and O–H groups in total. The van der Waals surface area contributed by atoms with Crippen molar-refractivity contribution < 1.29 is 14.1 Å². The number of methoxy groups -OCH3 is 1. The third-order valence-electron chi connectivity index (χ3n) is 3.68. The number of carbonyl (C=O) groups is 1. The zero-order chi connectivity index (χ0) is 16.8. The van der Waals surface area contributed by atoms with Crippen LogP contribution in [-0.4, -0.2) is 35.8 Å². The number of urea groups is 1. The van der Waals surface area contributed by atoms with Crippen molar-refractivity contribution in [1.82, 2.24) is 10.1 Å². The standard InChI is InChI=1S/C17H23N3O3/c1-5-20(17(21)18-16-10-12(2)19-23-16)13(3)11-14-6-8-15(22-4)9-7-14/h6-10,13H,5,11H2,1-4H3,(H,18,21)/t13-/m0/s1. The molecule has 124 valence electrons. The summed E-state index contributed by atoms with van der Waals surface area (Å²) >= 11 is 0. The number of benzene rings is 1. The second-order valence-corrected chi connectivity index (χ2v) is 5.45. The fourth-order valence-corrected chi connectivity index (χ4v) is 2.47. The molecule has 0 bridgehead atoms. The Balaban J connectivity index is 1.98. The number of likely N-dealkylation sites (N-methyl/N-ethyl adjacent to an activating group) is 1. The summed E-state index contributed by atoms with van der Waals surface area (Å²) in [6.07, 6.45) is 0.765. The van der Waals surface area contributed by atoms with Crippen LogP contribution in [0.5, 0.6) is 5.75 Å². The summed E-state index contributed by atoms with van der Waals surface area (Å²) in [6, 6.07) is 9.44. The molecule has 1 aromatic heterocycles. The first kappa shape index (κ1) is 16.9. The van der Waals surface area contributed by atoms with Crippen molar-refractivity contribution in [2.75, 3.05) is 19.0 Å². The maximum absolute atomic E-state index is 12.4. The van der Waals surface area contributed by atoms with Gasteiger partial charge in [-0.3, -0.25) is 5.32 Å². The molecule has 1 atom stereocenters. The van der Waals surface area contributed by atoms with Gasteiger partial charge in [0.15, 0.2) is 0 Å². The van der Waals surface area contributed by atoms with Crippen LogP contribution in [0.15, 0.2) is 34.9 Å². The lowest BCUT2D eigenvalue weighted by atomic mass is 10.1. The van der Waals surface area contributed by atoms with E-state index in [-0.39, 0.29) is 12.1 Å². The Morgan fingerprint density at radius 1 is 1.39 bits per heavy atom. The first-order valence-electron chi connectivity index (χ1n) is 7.67. The Labute approximate surface area is 136 Å². The van der Waals surface area contributed by atoms with Gasteiger partial charge >= 0.3 is 6.03 Å². The normalized spacial score (nSPS) is 11.8. The summed E-state index contributed by atoms with van der Waals surface area (Å²) in [7, 11) is 1.64. The predicted molar refractivity (Wildman–Crippen MR) is 88.8 cm³/mol. The molecule has 0 fully saturated rings. The summed E-state index contributed by atoms with van der Waals surface area (Å²) in [5.41, 5.74) is 1.88. The van der Waals surface area contributed by atoms with E-state index in [0.29, 0.717) is 12.4 Å². The molecule has 0 spiro atoms. The molecule has 1 aromatic carbocycles. The fraction of sp³-hybridized carbons (Fsp3) is 0.412. The highest BCUT2D eigenvalue weighted by atomic mass is 16.5. The van der Waals surface area contributed by atoms with E-state index < -0.39 is 0 Å². The molecule has 0 aliphatic rings. The monoisotopic (exact) mass is 317 g/mol. The number of carbonyl (C=O) groups excluding carboxylic acids is 1. The highest BCUT2D eigenvalue weighted by molar-refractivity contribution is 5.88. The van der Waals surface area contributed by atoms with Crippen LogP contribution < -0.4 is 10.1 Å². The topological polar surface area (TPSA) is 67.6 Å². The molecule has 6 nitrogen and oxygen atoms in total. The third-order valence-corrected chi connectivity index (χ3v) is 3.68. The van der Waals surface area contributed by atoms with Gasteiger partial charge in [0.1, 0.15) is 5.75 Å². The van der Waals surface area contributed by atoms with E-state index in [2.05, 4.69) is 10.5 Å². The Morgan fingerprint density at radius 3 is 2.61 bits per heavy atom. The van der Waals surface area contributed by atoms with E-state index in [0.717, 1.165) is 23.4 Å². The Kier molecular flexibility index (Phi) is 5.62. The van der Waals surface area contributed by atoms with E-state index in [1.165, 1.54) is 0 Å². The number of nitrogens with one attached hydrogen (secondary N) is 1. The quantitative estimate of drug-likeness (QED) is 0.885. The van der Waals surface area contributed by atoms with Crippen molar-refractivity contribution in [3.63, 3.8) is 0 Å². The van der Waals surface area contributed by atoms with Gasteiger partial charge in [-0.15, -0.1) is 0 Å². The lowest BCUT2D eigenvalue weighted by Crippen LogP contribution is -2.42. The van der Waals surface area contributed by atoms with E-state index in [9.17, 15) is 4.79 Å². The average Bonchev–Trinajstić information content (AvgIpc) is 2.93. The second-order valence-electron chi connectivity index (χ2n) is 5.45. The van der Waals surface area contributed by atoms with Crippen LogP contribution in [0, 0.1) is 6.92 Å². The molecule has 0 unspecified atom stereocenters. The molecule has 0 aliphatic carbocycles. The molecule has 2 rings (SSSR count). The van der Waals surface area contributed by atoms with Crippen LogP contribution in [0.1, 0.15) is 25.1 Å². The number of nitrogens with zero attached hydrogens (tertiary/aromatic N) is 2. The zero-order valence-electron chi connectivity index (χ0n) is 14.0. The number of rotatable bonds is 6. The van der Waals surface area contributed by atoms with Gasteiger partial charge in [0.2, 0.25) is 5.88 Å². The first-order chi connectivity index (χ1) is 11.0. The molecule has 2 aromatic rings. The molecule has 23 heavy (non-hydrogen) atoms. The number of hydrogen-bond donors (Lipinski definition) is 1. The number of hydrogen-bond acceptors (Lipinski definition) is 4. The van der Waals surface area contributed by atoms with Gasteiger partial charge in [-0.05, 0) is 44.9 Å². The highest BCUT2D eigenvalue weighted by Gasteiger charge is 2.20. The van der Waals surface area contributed by atoms with Crippen molar-refractivity contribution in [3.8, 4) is 5.75 Å². The molecule has 2 amide bonds. The summed E-state index contributed by atoms with van der Waals surface area (Å²) < 4.78 is 10.2. The molecule has 6 heteroatoms. The van der Waals surface area contributed by atoms with Crippen LogP contribution in [0.4, 0.5) is 10.7 Å². The number of aromatic nitrogens is 1. The third kappa shape index (κ3) is 4.48. The largest absolute Gasteiger partial charge is 0.497 e. The predicted octanol–water partition coefficient (Wildman–Crippen LogP) is 3.48. The van der Waals surface area contributed by atoms with Crippen LogP contribution in [0.25, 0.3) is 0 Å². The van der Waals surface area contributed by atoms with Crippen LogP contribution in [-0.2, 0) is 6.42 Å². The number of anilines is 1. The van der Waals surface area contributed by atoms with E-state index in [1.54, 1.807) is 18.1 Å². The lowest BCUT2D eigenvalue weighted by molar-refractivity contribution is 0.195. The van der Waals surface area contributed by atoms with E-state index in [4.69, 9.17) is 9.26 Å². The van der Waals surface area contributed by atoms with Crippen LogP contribution in [0.3, 0.4) is 0 Å². The Hall–Kier alpha value is -2.50. The molecule has 0 radical (unpaired) electrons. The molecular weight excluding hydrogens is 294 g/mol. The minimum atomic E-state index is -0.190. The maximum atomic E-state index is 12.4. The molecule has 0 saturated carbocycles. The Morgan fingerprint density at radius 2 is 2.09 bits per heavy atom. The molecule has 0 aliphatic heterocycles. The highest BCUT2D eigenvalue weighted by Crippen LogP contribution is 2.16. The zero-order valence-corrected chi connectivity index (χ0v) is 14.0. The van der Waals surface area contributed by atoms with Gasteiger partial charge in [-0.1, -0.05) is 17.3 Å². The van der Waals surface area contributed by atoms with Gasteiger partial charge in [0.25, 0.3) is 0 Å². The summed E-state index contributed by atoms with van der Waals surface area (Å²) in [5, 5.41) is 6.50. The van der Waals surface area contributed by atoms with Crippen molar-refractivity contribution in [2.24, 2.45) is 0 Å². The van der Waals surface area contributed by atoms with Gasteiger partial charge in [-0.25, -0.2) is 4.79 Å². The first-order valence-corrected chi connectivity index (χ1v) is 7.67. The van der Waals surface area contributed by atoms with Gasteiger partial charge < -0.3 is 14.2 Å². The van der Waals surface area contributed by atoms with Crippen LogP contribution >= 0.6 is 0 Å². The van der Waals surface area contributed by atoms with Crippen molar-refractivity contribution in [2.45, 2.75) is 33.2 Å². The average molecular weight is 317 g/mol. The fourth-order valence-electron chi connectivity index (χ4n) is 2.47. The molecule has 0 saturated heterocycles. The van der Waals surface area contributed by atoms with Crippen molar-refractivity contribution in [3.05, 3.63) is 41.6 Å². The minimum absolute atomic E-state index is 0.0532. The summed E-state index contributed by atoms with van der Waals surface area (Å²) in [4.78, 5) is 14.2. The Bertz CT molecular complexity index is 637. The van der Waals surface area contributed by atoms with Gasteiger partial charge in [-0.2, -0.15) is 0 Å². The SMILES string of the molecule is CCN(C(=O)Nc1cc(C)no1)[C@@H](C)Cc1ccc(OC)cc1. The van der Waals surface area contributed by atoms with E-state index >= 15 is 0 Å². The summed E-state index contributed by atoms with van der Waals surface area (Å²) in [5.74, 6) is 1.19. The smallest absolute Gasteiger partial charge is 0.324 e. The minimum Gasteiger partial charge on any atom is -0.497 e. The lowest BCUT2D eigenvalue weighted by Gasteiger charge is -2.27. The van der Waals surface area contributed by atoms with Crippen molar-refractivity contribution in [1.29, 1.82) is 0 Å².